The van der Waals surface area contributed by atoms with Crippen LogP contribution in [0.15, 0.2) is 16.1 Å². The number of carbonyl (C=O) groups excluding carboxylic acids is 2. The van der Waals surface area contributed by atoms with Crippen molar-refractivity contribution in [2.45, 2.75) is 12.1 Å². The number of hydrogen-bond acceptors (Lipinski definition) is 6. The lowest BCUT2D eigenvalue weighted by molar-refractivity contribution is 0.0597. The molecule has 1 aromatic heterocycles. The maximum atomic E-state index is 11.8. The van der Waals surface area contributed by atoms with Crippen LogP contribution in [0.3, 0.4) is 0 Å². The Labute approximate surface area is 95.6 Å². The third kappa shape index (κ3) is 2.13. The van der Waals surface area contributed by atoms with Gasteiger partial charge in [-0.25, -0.2) is 14.3 Å². The first-order valence-electron chi connectivity index (χ1n) is 4.28. The first-order chi connectivity index (χ1) is 7.52. The minimum absolute atomic E-state index is 0.241. The molecule has 0 aromatic carbocycles. The zero-order valence-electron chi connectivity index (χ0n) is 9.01. The Morgan fingerprint density at radius 2 is 2.12 bits per heavy atom. The minimum atomic E-state index is -0.805. The monoisotopic (exact) mass is 242 g/mol. The van der Waals surface area contributed by atoms with Crippen molar-refractivity contribution in [2.24, 2.45) is 0 Å². The van der Waals surface area contributed by atoms with Gasteiger partial charge >= 0.3 is 5.97 Å². The number of hydrogen-bond donors (Lipinski definition) is 0. The molecule has 0 N–H and O–H groups in total. The van der Waals surface area contributed by atoms with Crippen molar-refractivity contribution in [3.8, 4) is 0 Å². The van der Waals surface area contributed by atoms with Crippen LogP contribution in [0.2, 0.25) is 0 Å². The SMILES string of the molecule is COC(=O)c1cnc(SC)n(C(C)=O)c1=O. The second kappa shape index (κ2) is 4.93. The largest absolute Gasteiger partial charge is 0.465 e. The van der Waals surface area contributed by atoms with Gasteiger partial charge in [-0.15, -0.1) is 0 Å². The molecule has 0 aliphatic rings. The van der Waals surface area contributed by atoms with E-state index in [4.69, 9.17) is 0 Å². The third-order valence-corrected chi connectivity index (χ3v) is 2.48. The molecule has 1 heterocycles. The molecule has 0 aliphatic carbocycles. The van der Waals surface area contributed by atoms with Crippen molar-refractivity contribution >= 4 is 23.6 Å². The highest BCUT2D eigenvalue weighted by atomic mass is 32.2. The van der Waals surface area contributed by atoms with Crippen LogP contribution in [-0.4, -0.2) is 34.8 Å². The molecule has 0 atom stereocenters. The molecule has 86 valence electrons. The number of aromatic nitrogens is 2. The van der Waals surface area contributed by atoms with Crippen LogP contribution in [-0.2, 0) is 4.74 Å². The zero-order valence-corrected chi connectivity index (χ0v) is 9.83. The van der Waals surface area contributed by atoms with Crippen LogP contribution < -0.4 is 5.56 Å². The Balaban J connectivity index is 3.50. The third-order valence-electron chi connectivity index (χ3n) is 1.83. The van der Waals surface area contributed by atoms with Crippen LogP contribution in [0.1, 0.15) is 22.1 Å². The summed E-state index contributed by atoms with van der Waals surface area (Å²) in [6, 6.07) is 0. The number of methoxy groups -OCH3 is 1. The molecule has 0 unspecified atom stereocenters. The minimum Gasteiger partial charge on any atom is -0.465 e. The summed E-state index contributed by atoms with van der Waals surface area (Å²) in [5.74, 6) is -1.30. The summed E-state index contributed by atoms with van der Waals surface area (Å²) in [7, 11) is 1.16. The van der Waals surface area contributed by atoms with E-state index in [0.717, 1.165) is 29.6 Å². The summed E-state index contributed by atoms with van der Waals surface area (Å²) in [5.41, 5.74) is -0.964. The van der Waals surface area contributed by atoms with Crippen LogP contribution in [0.25, 0.3) is 0 Å². The summed E-state index contributed by atoms with van der Waals surface area (Å²) in [4.78, 5) is 38.1. The number of thioether (sulfide) groups is 1. The summed E-state index contributed by atoms with van der Waals surface area (Å²) >= 11 is 1.14. The molecule has 16 heavy (non-hydrogen) atoms. The van der Waals surface area contributed by atoms with Crippen molar-refractivity contribution in [3.63, 3.8) is 0 Å². The lowest BCUT2D eigenvalue weighted by Crippen LogP contribution is -2.32. The normalized spacial score (nSPS) is 9.94. The smallest absolute Gasteiger partial charge is 0.345 e. The molecule has 0 saturated heterocycles. The lowest BCUT2D eigenvalue weighted by Gasteiger charge is -2.07. The average Bonchev–Trinajstić information content (AvgIpc) is 2.26. The Hall–Kier alpha value is -1.63. The van der Waals surface area contributed by atoms with Crippen molar-refractivity contribution in [3.05, 3.63) is 22.1 Å². The van der Waals surface area contributed by atoms with Gasteiger partial charge in [0.2, 0.25) is 5.91 Å². The van der Waals surface area contributed by atoms with Crippen molar-refractivity contribution in [1.29, 1.82) is 0 Å². The highest BCUT2D eigenvalue weighted by Gasteiger charge is 2.18. The summed E-state index contributed by atoms with van der Waals surface area (Å²) in [6.45, 7) is 1.23. The van der Waals surface area contributed by atoms with Crippen LogP contribution in [0.4, 0.5) is 0 Å². The van der Waals surface area contributed by atoms with Gasteiger partial charge in [0.15, 0.2) is 5.16 Å². The predicted molar refractivity (Wildman–Crippen MR) is 57.9 cm³/mol. The molecule has 0 fully saturated rings. The summed E-state index contributed by atoms with van der Waals surface area (Å²) in [6.07, 6.45) is 2.79. The van der Waals surface area contributed by atoms with Crippen LogP contribution in [0, 0.1) is 0 Å². The highest BCUT2D eigenvalue weighted by molar-refractivity contribution is 7.98. The van der Waals surface area contributed by atoms with Crippen molar-refractivity contribution < 1.29 is 14.3 Å². The molecule has 0 bridgehead atoms. The fourth-order valence-corrected chi connectivity index (χ4v) is 1.66. The molecular formula is C9H10N2O4S. The zero-order chi connectivity index (χ0) is 12.3. The molecule has 6 nitrogen and oxygen atoms in total. The Kier molecular flexibility index (Phi) is 3.83. The van der Waals surface area contributed by atoms with E-state index in [-0.39, 0.29) is 10.7 Å². The van der Waals surface area contributed by atoms with Gasteiger partial charge < -0.3 is 4.74 Å². The fraction of sp³-hybridized carbons (Fsp3) is 0.333. The quantitative estimate of drug-likeness (QED) is 0.424. The van der Waals surface area contributed by atoms with Gasteiger partial charge in [-0.2, -0.15) is 0 Å². The van der Waals surface area contributed by atoms with Gasteiger partial charge in [0, 0.05) is 6.92 Å². The van der Waals surface area contributed by atoms with Crippen molar-refractivity contribution in [2.75, 3.05) is 13.4 Å². The maximum Gasteiger partial charge on any atom is 0.345 e. The molecule has 1 aromatic rings. The topological polar surface area (TPSA) is 78.3 Å². The number of rotatable bonds is 2. The summed E-state index contributed by atoms with van der Waals surface area (Å²) < 4.78 is 5.26. The van der Waals surface area contributed by atoms with Gasteiger partial charge in [-0.3, -0.25) is 9.59 Å². The van der Waals surface area contributed by atoms with Crippen LogP contribution in [0.5, 0.6) is 0 Å². The van der Waals surface area contributed by atoms with Crippen LogP contribution >= 0.6 is 11.8 Å². The van der Waals surface area contributed by atoms with Gasteiger partial charge in [0.05, 0.1) is 13.3 Å². The van der Waals surface area contributed by atoms with E-state index in [1.807, 2.05) is 0 Å². The average molecular weight is 242 g/mol. The summed E-state index contributed by atoms with van der Waals surface area (Å²) in [5, 5.41) is 0.241. The van der Waals surface area contributed by atoms with E-state index < -0.39 is 17.4 Å². The number of nitrogens with zero attached hydrogens (tertiary/aromatic N) is 2. The van der Waals surface area contributed by atoms with E-state index >= 15 is 0 Å². The van der Waals surface area contributed by atoms with Gasteiger partial charge in [-0.1, -0.05) is 11.8 Å². The Morgan fingerprint density at radius 1 is 1.50 bits per heavy atom. The molecule has 0 amide bonds. The van der Waals surface area contributed by atoms with Gasteiger partial charge in [-0.05, 0) is 6.26 Å². The molecular weight excluding hydrogens is 232 g/mol. The van der Waals surface area contributed by atoms with E-state index in [9.17, 15) is 14.4 Å². The maximum absolute atomic E-state index is 11.8. The van der Waals surface area contributed by atoms with E-state index in [0.29, 0.717) is 0 Å². The molecule has 7 heteroatoms. The van der Waals surface area contributed by atoms with E-state index in [1.54, 1.807) is 6.26 Å². The number of carbonyl (C=O) groups is 2. The molecule has 0 radical (unpaired) electrons. The van der Waals surface area contributed by atoms with Crippen molar-refractivity contribution in [1.82, 2.24) is 9.55 Å². The van der Waals surface area contributed by atoms with E-state index in [2.05, 4.69) is 9.72 Å². The Morgan fingerprint density at radius 3 is 2.56 bits per heavy atom. The van der Waals surface area contributed by atoms with Gasteiger partial charge in [0.25, 0.3) is 5.56 Å². The highest BCUT2D eigenvalue weighted by Crippen LogP contribution is 2.09. The molecule has 1 rings (SSSR count). The first-order valence-corrected chi connectivity index (χ1v) is 5.50. The molecule has 0 spiro atoms. The lowest BCUT2D eigenvalue weighted by atomic mass is 10.3. The van der Waals surface area contributed by atoms with E-state index in [1.165, 1.54) is 6.92 Å². The molecule has 0 saturated carbocycles. The number of esters is 1. The van der Waals surface area contributed by atoms with Gasteiger partial charge in [0.1, 0.15) is 5.56 Å². The predicted octanol–water partition coefficient (Wildman–Crippen LogP) is 0.412. The first kappa shape index (κ1) is 12.4. The Bertz CT molecular complexity index is 495. The second-order valence-electron chi connectivity index (χ2n) is 2.81. The fourth-order valence-electron chi connectivity index (χ4n) is 1.11. The molecule has 0 aliphatic heterocycles. The standard InChI is InChI=1S/C9H10N2O4S/c1-5(12)11-7(13)6(8(14)15-2)4-10-9(11)16-3/h4H,1-3H3. The second-order valence-corrected chi connectivity index (χ2v) is 3.58. The number of ether oxygens (including phenoxy) is 1.